The van der Waals surface area contributed by atoms with Crippen LogP contribution >= 0.6 is 11.3 Å². The fourth-order valence-corrected chi connectivity index (χ4v) is 12.3. The molecule has 0 bridgehead atoms. The molecule has 0 unspecified atom stereocenters. The molecule has 0 spiro atoms. The van der Waals surface area contributed by atoms with Gasteiger partial charge in [-0.05, 0) is 97.2 Å². The number of hydrogen-bond acceptors (Lipinski definition) is 4. The number of carboxylic acid groups (broad SMARTS) is 1. The summed E-state index contributed by atoms with van der Waals surface area (Å²) in [6, 6.07) is 0. The van der Waals surface area contributed by atoms with Gasteiger partial charge in [-0.25, -0.2) is 4.98 Å². The molecule has 0 aliphatic heterocycles. The Morgan fingerprint density at radius 2 is 1.78 bits per heavy atom. The van der Waals surface area contributed by atoms with Gasteiger partial charge in [0.2, 0.25) is 0 Å². The molecule has 6 rings (SSSR count). The minimum Gasteiger partial charge on any atom is -0.481 e. The number of aromatic nitrogens is 1. The van der Waals surface area contributed by atoms with Crippen molar-refractivity contribution in [3.63, 3.8) is 0 Å². The van der Waals surface area contributed by atoms with Crippen molar-refractivity contribution in [1.82, 2.24) is 4.98 Å². The third-order valence-electron chi connectivity index (χ3n) is 13.4. The number of allylic oxidation sites excluding steroid dienone is 2. The molecule has 0 aromatic carbocycles. The first-order chi connectivity index (χ1) is 16.7. The number of nitrogens with two attached hydrogens (primary N) is 1. The minimum absolute atomic E-state index is 0.0288. The standard InChI is InChI=1S/C31H46N2O2S/c1-17-10-13-31(25(34)35)15-14-29(6)19(23(31)18(17)2)8-9-22-28(5)16-20-24(33-26(32)36-20)27(3,4)21(28)11-12-30(22,29)7/h8,17-18,21-23H,9-16H2,1-7H3,(H2,32,33)(H,34,35)/t17-,18+,21+,22-,23+,28+,29-,30-,31+/m1/s1. The summed E-state index contributed by atoms with van der Waals surface area (Å²) in [6.07, 6.45) is 10.9. The summed E-state index contributed by atoms with van der Waals surface area (Å²) in [6.45, 7) is 17.2. The molecule has 3 fully saturated rings. The van der Waals surface area contributed by atoms with Gasteiger partial charge in [-0.15, -0.1) is 11.3 Å². The molecule has 0 radical (unpaired) electrons. The molecule has 1 aromatic rings. The van der Waals surface area contributed by atoms with E-state index in [1.165, 1.54) is 29.0 Å². The summed E-state index contributed by atoms with van der Waals surface area (Å²) in [5.74, 6) is 1.81. The highest BCUT2D eigenvalue weighted by atomic mass is 32.1. The second-order valence-corrected chi connectivity index (χ2v) is 15.9. The summed E-state index contributed by atoms with van der Waals surface area (Å²) in [5.41, 5.74) is 8.93. The molecule has 198 valence electrons. The van der Waals surface area contributed by atoms with Gasteiger partial charge < -0.3 is 10.8 Å². The number of carbonyl (C=O) groups is 1. The Kier molecular flexibility index (Phi) is 5.12. The quantitative estimate of drug-likeness (QED) is 0.384. The van der Waals surface area contributed by atoms with Gasteiger partial charge in [-0.1, -0.05) is 60.1 Å². The van der Waals surface area contributed by atoms with E-state index in [-0.39, 0.29) is 27.6 Å². The van der Waals surface area contributed by atoms with Crippen molar-refractivity contribution in [3.8, 4) is 0 Å². The van der Waals surface area contributed by atoms with E-state index in [9.17, 15) is 9.90 Å². The van der Waals surface area contributed by atoms with Crippen LogP contribution in [0.1, 0.15) is 104 Å². The largest absolute Gasteiger partial charge is 0.481 e. The third-order valence-corrected chi connectivity index (χ3v) is 14.3. The Morgan fingerprint density at radius 3 is 2.47 bits per heavy atom. The Labute approximate surface area is 221 Å². The fourth-order valence-electron chi connectivity index (χ4n) is 11.2. The lowest BCUT2D eigenvalue weighted by Gasteiger charge is -2.70. The molecule has 3 saturated carbocycles. The van der Waals surface area contributed by atoms with E-state index in [1.807, 2.05) is 0 Å². The van der Waals surface area contributed by atoms with Crippen molar-refractivity contribution in [1.29, 1.82) is 0 Å². The van der Waals surface area contributed by atoms with Gasteiger partial charge in [0.1, 0.15) is 0 Å². The molecule has 1 aromatic heterocycles. The lowest BCUT2D eigenvalue weighted by atomic mass is 9.33. The van der Waals surface area contributed by atoms with E-state index in [0.29, 0.717) is 28.8 Å². The average molecular weight is 511 g/mol. The highest BCUT2D eigenvalue weighted by molar-refractivity contribution is 7.15. The smallest absolute Gasteiger partial charge is 0.310 e. The van der Waals surface area contributed by atoms with Crippen LogP contribution in [0.2, 0.25) is 0 Å². The molecule has 3 N–H and O–H groups in total. The first kappa shape index (κ1) is 24.9. The molecular weight excluding hydrogens is 464 g/mol. The van der Waals surface area contributed by atoms with E-state index in [0.717, 1.165) is 38.5 Å². The zero-order chi connectivity index (χ0) is 26.1. The van der Waals surface area contributed by atoms with Crippen LogP contribution in [-0.2, 0) is 16.6 Å². The molecule has 0 saturated heterocycles. The molecule has 36 heavy (non-hydrogen) atoms. The highest BCUT2D eigenvalue weighted by Gasteiger charge is 2.69. The molecular formula is C31H46N2O2S. The number of thiazole rings is 1. The SMILES string of the molecule is C[C@H]1[C@H](C)CC[C@]2(C(=O)O)CC[C@]3(C)C(=CC[C@@H]4[C@@]5(C)Cc6sc(N)nc6C(C)(C)[C@@H]5CC[C@]43C)[C@H]12. The van der Waals surface area contributed by atoms with E-state index in [4.69, 9.17) is 10.7 Å². The predicted octanol–water partition coefficient (Wildman–Crippen LogP) is 7.48. The number of anilines is 1. The Morgan fingerprint density at radius 1 is 1.06 bits per heavy atom. The van der Waals surface area contributed by atoms with Crippen LogP contribution in [0.4, 0.5) is 5.13 Å². The van der Waals surface area contributed by atoms with Crippen molar-refractivity contribution in [2.24, 2.45) is 51.2 Å². The first-order valence-electron chi connectivity index (χ1n) is 14.4. The lowest BCUT2D eigenvalue weighted by Crippen LogP contribution is -2.65. The van der Waals surface area contributed by atoms with E-state index in [1.54, 1.807) is 11.3 Å². The van der Waals surface area contributed by atoms with Crippen LogP contribution in [0.25, 0.3) is 0 Å². The van der Waals surface area contributed by atoms with Gasteiger partial charge >= 0.3 is 5.97 Å². The van der Waals surface area contributed by atoms with Gasteiger partial charge in [0.15, 0.2) is 5.13 Å². The molecule has 1 heterocycles. The maximum absolute atomic E-state index is 12.9. The number of rotatable bonds is 1. The Hall–Kier alpha value is -1.36. The second-order valence-electron chi connectivity index (χ2n) is 14.8. The van der Waals surface area contributed by atoms with Gasteiger partial charge in [-0.3, -0.25) is 4.79 Å². The van der Waals surface area contributed by atoms with Gasteiger partial charge in [-0.2, -0.15) is 0 Å². The molecule has 5 aliphatic rings. The highest BCUT2D eigenvalue weighted by Crippen LogP contribution is 2.75. The van der Waals surface area contributed by atoms with Crippen molar-refractivity contribution >= 4 is 22.4 Å². The topological polar surface area (TPSA) is 76.2 Å². The van der Waals surface area contributed by atoms with Crippen LogP contribution < -0.4 is 5.73 Å². The summed E-state index contributed by atoms with van der Waals surface area (Å²) in [5, 5.41) is 11.3. The van der Waals surface area contributed by atoms with Gasteiger partial charge in [0.25, 0.3) is 0 Å². The average Bonchev–Trinajstić information content (AvgIpc) is 3.17. The number of nitrogen functional groups attached to an aromatic ring is 1. The van der Waals surface area contributed by atoms with Crippen molar-refractivity contribution in [2.75, 3.05) is 5.73 Å². The van der Waals surface area contributed by atoms with Crippen LogP contribution in [0.3, 0.4) is 0 Å². The fraction of sp³-hybridized carbons (Fsp3) is 0.806. The summed E-state index contributed by atoms with van der Waals surface area (Å²) >= 11 is 1.71. The normalized spacial score (nSPS) is 49.0. The number of nitrogens with zero attached hydrogens (tertiary/aromatic N) is 1. The second kappa shape index (κ2) is 7.39. The van der Waals surface area contributed by atoms with E-state index >= 15 is 0 Å². The predicted molar refractivity (Wildman–Crippen MR) is 147 cm³/mol. The summed E-state index contributed by atoms with van der Waals surface area (Å²) < 4.78 is 0. The monoisotopic (exact) mass is 510 g/mol. The van der Waals surface area contributed by atoms with Crippen molar-refractivity contribution in [3.05, 3.63) is 22.2 Å². The van der Waals surface area contributed by atoms with Crippen LogP contribution in [0.5, 0.6) is 0 Å². The number of hydrogen-bond donors (Lipinski definition) is 2. The number of aliphatic carboxylic acids is 1. The van der Waals surface area contributed by atoms with Crippen LogP contribution in [0.15, 0.2) is 11.6 Å². The van der Waals surface area contributed by atoms with Gasteiger partial charge in [0, 0.05) is 10.3 Å². The minimum atomic E-state index is -0.566. The first-order valence-corrected chi connectivity index (χ1v) is 15.2. The molecule has 5 heteroatoms. The maximum Gasteiger partial charge on any atom is 0.310 e. The molecule has 5 aliphatic carbocycles. The summed E-state index contributed by atoms with van der Waals surface area (Å²) in [4.78, 5) is 19.1. The van der Waals surface area contributed by atoms with E-state index < -0.39 is 11.4 Å². The Balaban J connectivity index is 1.48. The van der Waals surface area contributed by atoms with E-state index in [2.05, 4.69) is 54.5 Å². The maximum atomic E-state index is 12.9. The van der Waals surface area contributed by atoms with Crippen LogP contribution in [0, 0.1) is 51.2 Å². The number of fused-ring (bicyclic) bond motifs is 8. The molecule has 0 amide bonds. The zero-order valence-electron chi connectivity index (χ0n) is 23.4. The molecule has 4 nitrogen and oxygen atoms in total. The Bertz CT molecular complexity index is 1150. The lowest BCUT2D eigenvalue weighted by molar-refractivity contribution is -0.179. The number of carboxylic acids is 1. The van der Waals surface area contributed by atoms with Crippen LogP contribution in [-0.4, -0.2) is 16.1 Å². The zero-order valence-corrected chi connectivity index (χ0v) is 24.2. The van der Waals surface area contributed by atoms with Gasteiger partial charge in [0.05, 0.1) is 11.1 Å². The van der Waals surface area contributed by atoms with Crippen molar-refractivity contribution < 1.29 is 9.90 Å². The van der Waals surface area contributed by atoms with Crippen molar-refractivity contribution in [2.45, 2.75) is 105 Å². The summed E-state index contributed by atoms with van der Waals surface area (Å²) in [7, 11) is 0. The molecule has 9 atom stereocenters. The third kappa shape index (κ3) is 2.77.